The van der Waals surface area contributed by atoms with Crippen molar-refractivity contribution in [3.05, 3.63) is 48.2 Å². The maximum Gasteiger partial charge on any atom is 0.337 e. The van der Waals surface area contributed by atoms with Gasteiger partial charge in [0.1, 0.15) is 5.82 Å². The van der Waals surface area contributed by atoms with Gasteiger partial charge in [0.15, 0.2) is 0 Å². The number of aromatic carboxylic acids is 1. The van der Waals surface area contributed by atoms with Gasteiger partial charge in [0, 0.05) is 44.5 Å². The largest absolute Gasteiger partial charge is 0.478 e. The van der Waals surface area contributed by atoms with Crippen molar-refractivity contribution >= 4 is 29.1 Å². The highest BCUT2D eigenvalue weighted by Crippen LogP contribution is 2.25. The molecule has 7 heteroatoms. The summed E-state index contributed by atoms with van der Waals surface area (Å²) >= 11 is 0. The number of pyridine rings is 1. The molecule has 1 aromatic heterocycles. The Morgan fingerprint density at radius 3 is 2.50 bits per heavy atom. The average Bonchev–Trinajstić information content (AvgIpc) is 2.73. The normalized spacial score (nSPS) is 14.0. The van der Waals surface area contributed by atoms with Crippen LogP contribution in [0.2, 0.25) is 0 Å². The van der Waals surface area contributed by atoms with Gasteiger partial charge in [-0.15, -0.1) is 0 Å². The number of nitrogens with zero attached hydrogens (tertiary/aromatic N) is 3. The van der Waals surface area contributed by atoms with Gasteiger partial charge >= 0.3 is 5.97 Å². The molecule has 1 aliphatic heterocycles. The number of anilines is 3. The van der Waals surface area contributed by atoms with Crippen LogP contribution in [0.25, 0.3) is 0 Å². The van der Waals surface area contributed by atoms with Gasteiger partial charge in [0.05, 0.1) is 11.3 Å². The minimum atomic E-state index is -1.04. The summed E-state index contributed by atoms with van der Waals surface area (Å²) in [6.45, 7) is 5.19. The van der Waals surface area contributed by atoms with E-state index >= 15 is 0 Å². The van der Waals surface area contributed by atoms with Crippen molar-refractivity contribution in [2.24, 2.45) is 0 Å². The standard InChI is InChI=1S/C21H26N4O3/c1-2-3-7-20(26)23-18-9-8-16(15-17(18)21(27)28)24-11-13-25(14-12-24)19-6-4-5-10-22-19/h4-6,8-10,15H,2-3,7,11-14H2,1H3,(H,23,26)(H,27,28). The Morgan fingerprint density at radius 2 is 1.86 bits per heavy atom. The quantitative estimate of drug-likeness (QED) is 0.765. The molecule has 2 heterocycles. The summed E-state index contributed by atoms with van der Waals surface area (Å²) in [6, 6.07) is 11.1. The van der Waals surface area contributed by atoms with Gasteiger partial charge in [0.2, 0.25) is 5.91 Å². The van der Waals surface area contributed by atoms with E-state index in [9.17, 15) is 14.7 Å². The van der Waals surface area contributed by atoms with E-state index in [-0.39, 0.29) is 11.5 Å². The average molecular weight is 382 g/mol. The lowest BCUT2D eigenvalue weighted by Crippen LogP contribution is -2.46. The summed E-state index contributed by atoms with van der Waals surface area (Å²) < 4.78 is 0. The van der Waals surface area contributed by atoms with E-state index in [0.717, 1.165) is 50.5 Å². The van der Waals surface area contributed by atoms with Gasteiger partial charge in [-0.05, 0) is 36.8 Å². The number of carboxylic acid groups (broad SMARTS) is 1. The number of rotatable bonds is 7. The summed E-state index contributed by atoms with van der Waals surface area (Å²) in [4.78, 5) is 32.4. The molecule has 1 fully saturated rings. The van der Waals surface area contributed by atoms with Gasteiger partial charge in [-0.3, -0.25) is 4.79 Å². The minimum absolute atomic E-state index is 0.120. The minimum Gasteiger partial charge on any atom is -0.478 e. The Morgan fingerprint density at radius 1 is 1.11 bits per heavy atom. The zero-order valence-electron chi connectivity index (χ0n) is 16.1. The topological polar surface area (TPSA) is 85.8 Å². The number of hydrogen-bond donors (Lipinski definition) is 2. The number of carbonyl (C=O) groups excluding carboxylic acids is 1. The predicted molar refractivity (Wildman–Crippen MR) is 110 cm³/mol. The third-order valence-corrected chi connectivity index (χ3v) is 4.88. The van der Waals surface area contributed by atoms with Crippen LogP contribution in [0.15, 0.2) is 42.6 Å². The van der Waals surface area contributed by atoms with E-state index in [1.807, 2.05) is 31.2 Å². The SMILES string of the molecule is CCCCC(=O)Nc1ccc(N2CCN(c3ccccn3)CC2)cc1C(=O)O. The number of piperazine rings is 1. The summed E-state index contributed by atoms with van der Waals surface area (Å²) in [5, 5.41) is 12.3. The lowest BCUT2D eigenvalue weighted by molar-refractivity contribution is -0.116. The Balaban J connectivity index is 1.68. The number of aromatic nitrogens is 1. The highest BCUT2D eigenvalue weighted by Gasteiger charge is 2.20. The molecule has 148 valence electrons. The number of carboxylic acids is 1. The van der Waals surface area contributed by atoms with Crippen LogP contribution in [0.4, 0.5) is 17.2 Å². The van der Waals surface area contributed by atoms with Gasteiger partial charge in [-0.2, -0.15) is 0 Å². The Bertz CT molecular complexity index is 818. The molecule has 28 heavy (non-hydrogen) atoms. The van der Waals surface area contributed by atoms with Crippen LogP contribution in [0.3, 0.4) is 0 Å². The van der Waals surface area contributed by atoms with Crippen LogP contribution in [0.5, 0.6) is 0 Å². The fraction of sp³-hybridized carbons (Fsp3) is 0.381. The van der Waals surface area contributed by atoms with E-state index < -0.39 is 5.97 Å². The zero-order chi connectivity index (χ0) is 19.9. The van der Waals surface area contributed by atoms with Crippen molar-refractivity contribution in [2.45, 2.75) is 26.2 Å². The maximum atomic E-state index is 12.0. The first-order valence-electron chi connectivity index (χ1n) is 9.66. The number of amides is 1. The van der Waals surface area contributed by atoms with Crippen molar-refractivity contribution in [1.82, 2.24) is 4.98 Å². The predicted octanol–water partition coefficient (Wildman–Crippen LogP) is 3.24. The van der Waals surface area contributed by atoms with Crippen molar-refractivity contribution in [2.75, 3.05) is 41.3 Å². The molecule has 0 saturated carbocycles. The number of carbonyl (C=O) groups is 2. The fourth-order valence-corrected chi connectivity index (χ4v) is 3.30. The van der Waals surface area contributed by atoms with Crippen LogP contribution in [-0.2, 0) is 4.79 Å². The number of unbranched alkanes of at least 4 members (excludes halogenated alkanes) is 1. The lowest BCUT2D eigenvalue weighted by atomic mass is 10.1. The van der Waals surface area contributed by atoms with Crippen LogP contribution < -0.4 is 15.1 Å². The molecule has 2 aromatic rings. The van der Waals surface area contributed by atoms with Crippen LogP contribution in [-0.4, -0.2) is 48.1 Å². The summed E-state index contributed by atoms with van der Waals surface area (Å²) in [5.74, 6) is -0.237. The molecule has 1 aromatic carbocycles. The first kappa shape index (κ1) is 19.7. The Labute approximate surface area is 165 Å². The van der Waals surface area contributed by atoms with E-state index in [4.69, 9.17) is 0 Å². The molecule has 7 nitrogen and oxygen atoms in total. The maximum absolute atomic E-state index is 12.0. The zero-order valence-corrected chi connectivity index (χ0v) is 16.1. The Kier molecular flexibility index (Phi) is 6.47. The molecule has 0 bridgehead atoms. The first-order chi connectivity index (χ1) is 13.6. The van der Waals surface area contributed by atoms with Crippen molar-refractivity contribution in [3.8, 4) is 0 Å². The summed E-state index contributed by atoms with van der Waals surface area (Å²) in [5.41, 5.74) is 1.32. The molecular weight excluding hydrogens is 356 g/mol. The number of hydrogen-bond acceptors (Lipinski definition) is 5. The first-order valence-corrected chi connectivity index (χ1v) is 9.66. The summed E-state index contributed by atoms with van der Waals surface area (Å²) in [7, 11) is 0. The highest BCUT2D eigenvalue weighted by molar-refractivity contribution is 6.01. The van der Waals surface area contributed by atoms with E-state index in [2.05, 4.69) is 20.1 Å². The molecule has 0 spiro atoms. The second kappa shape index (κ2) is 9.21. The second-order valence-electron chi connectivity index (χ2n) is 6.85. The monoisotopic (exact) mass is 382 g/mol. The lowest BCUT2D eigenvalue weighted by Gasteiger charge is -2.36. The van der Waals surface area contributed by atoms with Crippen LogP contribution in [0, 0.1) is 0 Å². The van der Waals surface area contributed by atoms with Gasteiger partial charge in [-0.1, -0.05) is 19.4 Å². The van der Waals surface area contributed by atoms with Gasteiger partial charge < -0.3 is 20.2 Å². The highest BCUT2D eigenvalue weighted by atomic mass is 16.4. The molecule has 3 rings (SSSR count). The summed E-state index contributed by atoms with van der Waals surface area (Å²) in [6.07, 6.45) is 3.89. The molecular formula is C21H26N4O3. The van der Waals surface area contributed by atoms with E-state index in [1.165, 1.54) is 0 Å². The third-order valence-electron chi connectivity index (χ3n) is 4.88. The van der Waals surface area contributed by atoms with E-state index in [1.54, 1.807) is 18.3 Å². The second-order valence-corrected chi connectivity index (χ2v) is 6.85. The number of nitrogens with one attached hydrogen (secondary N) is 1. The van der Waals surface area contributed by atoms with Crippen molar-refractivity contribution < 1.29 is 14.7 Å². The molecule has 2 N–H and O–H groups in total. The van der Waals surface area contributed by atoms with Gasteiger partial charge in [-0.25, -0.2) is 9.78 Å². The molecule has 1 saturated heterocycles. The number of benzene rings is 1. The van der Waals surface area contributed by atoms with Gasteiger partial charge in [0.25, 0.3) is 0 Å². The fourth-order valence-electron chi connectivity index (χ4n) is 3.30. The molecule has 1 aliphatic rings. The molecule has 0 atom stereocenters. The van der Waals surface area contributed by atoms with Crippen LogP contribution in [0.1, 0.15) is 36.5 Å². The molecule has 0 radical (unpaired) electrons. The van der Waals surface area contributed by atoms with E-state index in [0.29, 0.717) is 12.1 Å². The van der Waals surface area contributed by atoms with Crippen molar-refractivity contribution in [1.29, 1.82) is 0 Å². The molecule has 0 aliphatic carbocycles. The third kappa shape index (κ3) is 4.79. The molecule has 0 unspecified atom stereocenters. The smallest absolute Gasteiger partial charge is 0.337 e. The van der Waals surface area contributed by atoms with Crippen molar-refractivity contribution in [3.63, 3.8) is 0 Å². The van der Waals surface area contributed by atoms with Crippen LogP contribution >= 0.6 is 0 Å². The Hall–Kier alpha value is -3.09. The molecule has 1 amide bonds.